The zero-order valence-corrected chi connectivity index (χ0v) is 20.3. The largest absolute Gasteiger partial charge is 0.507 e. The molecule has 0 spiro atoms. The van der Waals surface area contributed by atoms with E-state index in [2.05, 4.69) is 0 Å². The minimum Gasteiger partial charge on any atom is -0.507 e. The third-order valence-electron chi connectivity index (χ3n) is 6.24. The number of ketones is 1. The van der Waals surface area contributed by atoms with Crippen LogP contribution in [0.5, 0.6) is 5.75 Å². The number of Topliss-reactive ketones (excluding diaryl/α,β-unsaturated/α-hetero) is 1. The van der Waals surface area contributed by atoms with Gasteiger partial charge in [-0.25, -0.2) is 0 Å². The number of nitrogens with zero attached hydrogens (tertiary/aromatic N) is 1. The van der Waals surface area contributed by atoms with Crippen molar-refractivity contribution in [2.45, 2.75) is 46.6 Å². The molecule has 0 radical (unpaired) electrons. The molecule has 1 aliphatic heterocycles. The van der Waals surface area contributed by atoms with E-state index < -0.39 is 17.7 Å². The van der Waals surface area contributed by atoms with Crippen LogP contribution in [0, 0.1) is 20.8 Å². The van der Waals surface area contributed by atoms with Crippen LogP contribution in [0.4, 0.5) is 5.69 Å². The molecule has 2 aromatic carbocycles. The first-order valence-corrected chi connectivity index (χ1v) is 11.3. The monoisotopic (exact) mass is 459 g/mol. The molecule has 1 atom stereocenters. The number of amides is 1. The van der Waals surface area contributed by atoms with Crippen molar-refractivity contribution >= 4 is 23.1 Å². The summed E-state index contributed by atoms with van der Waals surface area (Å²) in [5.41, 5.74) is 3.70. The molecule has 0 saturated carbocycles. The second-order valence-electron chi connectivity index (χ2n) is 9.02. The predicted molar refractivity (Wildman–Crippen MR) is 131 cm³/mol. The molecule has 4 rings (SSSR count). The normalized spacial score (nSPS) is 17.6. The molecule has 1 fully saturated rings. The fraction of sp³-hybridized carbons (Fsp3) is 0.286. The van der Waals surface area contributed by atoms with Crippen molar-refractivity contribution in [1.29, 1.82) is 0 Å². The number of carbonyl (C=O) groups excluding carboxylic acids is 2. The van der Waals surface area contributed by atoms with Gasteiger partial charge in [0.15, 0.2) is 0 Å². The van der Waals surface area contributed by atoms with Gasteiger partial charge in [-0.1, -0.05) is 31.5 Å². The maximum atomic E-state index is 13.3. The van der Waals surface area contributed by atoms with E-state index in [1.165, 1.54) is 4.90 Å². The number of hydrogen-bond donors (Lipinski definition) is 1. The first kappa shape index (κ1) is 23.4. The summed E-state index contributed by atoms with van der Waals surface area (Å²) < 4.78 is 11.4. The summed E-state index contributed by atoms with van der Waals surface area (Å²) in [6, 6.07) is 13.6. The highest BCUT2D eigenvalue weighted by Crippen LogP contribution is 2.43. The number of aryl methyl sites for hydroxylation is 3. The van der Waals surface area contributed by atoms with Crippen molar-refractivity contribution in [2.24, 2.45) is 0 Å². The Morgan fingerprint density at radius 1 is 1.03 bits per heavy atom. The third-order valence-corrected chi connectivity index (χ3v) is 6.24. The van der Waals surface area contributed by atoms with E-state index in [4.69, 9.17) is 9.15 Å². The molecule has 0 aliphatic carbocycles. The van der Waals surface area contributed by atoms with Gasteiger partial charge in [-0.05, 0) is 74.2 Å². The molecule has 1 aromatic heterocycles. The number of aliphatic hydroxyl groups is 1. The fourth-order valence-corrected chi connectivity index (χ4v) is 4.40. The number of rotatable bonds is 5. The van der Waals surface area contributed by atoms with Crippen molar-refractivity contribution in [3.05, 3.63) is 87.9 Å². The average Bonchev–Trinajstić information content (AvgIpc) is 3.34. The summed E-state index contributed by atoms with van der Waals surface area (Å²) in [7, 11) is 1.60. The standard InChI is InChI=1S/C28H29NO5/c1-15(2)20-14-21(17(4)13-23(20)33-6)26(30)24-25(22-12-9-18(5)34-22)29(28(32)27(24)31)19-10-7-16(3)8-11-19/h7-15,25,30H,1-6H3/b26-24+. The summed E-state index contributed by atoms with van der Waals surface area (Å²) in [4.78, 5) is 28.0. The molecule has 176 valence electrons. The molecule has 1 saturated heterocycles. The molecule has 3 aromatic rings. The molecule has 0 bridgehead atoms. The van der Waals surface area contributed by atoms with Crippen molar-refractivity contribution in [1.82, 2.24) is 0 Å². The van der Waals surface area contributed by atoms with E-state index in [1.807, 2.05) is 52.0 Å². The molecule has 1 aliphatic rings. The minimum atomic E-state index is -0.889. The van der Waals surface area contributed by atoms with Gasteiger partial charge in [0.25, 0.3) is 11.7 Å². The number of anilines is 1. The van der Waals surface area contributed by atoms with Crippen LogP contribution in [0.25, 0.3) is 5.76 Å². The zero-order chi connectivity index (χ0) is 24.7. The van der Waals surface area contributed by atoms with Crippen molar-refractivity contribution in [2.75, 3.05) is 12.0 Å². The summed E-state index contributed by atoms with van der Waals surface area (Å²) in [6.45, 7) is 9.63. The van der Waals surface area contributed by atoms with Gasteiger partial charge in [-0.3, -0.25) is 14.5 Å². The van der Waals surface area contributed by atoms with Crippen molar-refractivity contribution < 1.29 is 23.8 Å². The van der Waals surface area contributed by atoms with Crippen LogP contribution < -0.4 is 9.64 Å². The van der Waals surface area contributed by atoms with E-state index in [-0.39, 0.29) is 17.3 Å². The number of furan rings is 1. The zero-order valence-electron chi connectivity index (χ0n) is 20.3. The quantitative estimate of drug-likeness (QED) is 0.289. The lowest BCUT2D eigenvalue weighted by Gasteiger charge is -2.24. The Morgan fingerprint density at radius 2 is 1.71 bits per heavy atom. The topological polar surface area (TPSA) is 80.0 Å². The Kier molecular flexibility index (Phi) is 6.09. The Hall–Kier alpha value is -3.80. The molecule has 2 heterocycles. The summed E-state index contributed by atoms with van der Waals surface area (Å²) in [6.07, 6.45) is 0. The summed E-state index contributed by atoms with van der Waals surface area (Å²) in [5, 5.41) is 11.5. The molecular formula is C28H29NO5. The second-order valence-corrected chi connectivity index (χ2v) is 9.02. The highest BCUT2D eigenvalue weighted by Gasteiger charge is 2.48. The Bertz CT molecular complexity index is 1300. The Labute approximate surface area is 199 Å². The average molecular weight is 460 g/mol. The van der Waals surface area contributed by atoms with Gasteiger partial charge in [0.2, 0.25) is 0 Å². The number of ether oxygens (including phenoxy) is 1. The minimum absolute atomic E-state index is 0.00268. The van der Waals surface area contributed by atoms with E-state index >= 15 is 0 Å². The van der Waals surface area contributed by atoms with Gasteiger partial charge in [-0.2, -0.15) is 0 Å². The van der Waals surface area contributed by atoms with E-state index in [0.717, 1.165) is 16.7 Å². The lowest BCUT2D eigenvalue weighted by Crippen LogP contribution is -2.29. The highest BCUT2D eigenvalue weighted by molar-refractivity contribution is 6.51. The third kappa shape index (κ3) is 3.89. The summed E-state index contributed by atoms with van der Waals surface area (Å²) >= 11 is 0. The lowest BCUT2D eigenvalue weighted by atomic mass is 9.92. The molecule has 6 heteroatoms. The SMILES string of the molecule is COc1cc(C)c(/C(O)=C2\C(=O)C(=O)N(c3ccc(C)cc3)C2c2ccc(C)o2)cc1C(C)C. The van der Waals surface area contributed by atoms with Crippen LogP contribution >= 0.6 is 0 Å². The van der Waals surface area contributed by atoms with Gasteiger partial charge < -0.3 is 14.3 Å². The Morgan fingerprint density at radius 3 is 2.26 bits per heavy atom. The summed E-state index contributed by atoms with van der Waals surface area (Å²) in [5.74, 6) is 0.205. The van der Waals surface area contributed by atoms with Gasteiger partial charge in [0, 0.05) is 11.3 Å². The van der Waals surface area contributed by atoms with Gasteiger partial charge in [0.05, 0.1) is 12.7 Å². The molecule has 1 amide bonds. The second kappa shape index (κ2) is 8.86. The van der Waals surface area contributed by atoms with Crippen molar-refractivity contribution in [3.63, 3.8) is 0 Å². The van der Waals surface area contributed by atoms with Crippen molar-refractivity contribution in [3.8, 4) is 5.75 Å². The smallest absolute Gasteiger partial charge is 0.300 e. The molecule has 1 N–H and O–H groups in total. The Balaban J connectivity index is 1.97. The van der Waals surface area contributed by atoms with Crippen LogP contribution in [-0.4, -0.2) is 23.9 Å². The van der Waals surface area contributed by atoms with Crippen LogP contribution in [0.15, 0.2) is 58.5 Å². The first-order valence-electron chi connectivity index (χ1n) is 11.3. The number of hydrogen-bond acceptors (Lipinski definition) is 5. The van der Waals surface area contributed by atoms with E-state index in [0.29, 0.717) is 28.5 Å². The number of methoxy groups -OCH3 is 1. The highest BCUT2D eigenvalue weighted by atomic mass is 16.5. The maximum Gasteiger partial charge on any atom is 0.300 e. The number of aliphatic hydroxyl groups excluding tert-OH is 1. The van der Waals surface area contributed by atoms with Crippen LogP contribution in [0.3, 0.4) is 0 Å². The predicted octanol–water partition coefficient (Wildman–Crippen LogP) is 5.96. The maximum absolute atomic E-state index is 13.3. The van der Waals surface area contributed by atoms with Gasteiger partial charge in [-0.15, -0.1) is 0 Å². The molecular weight excluding hydrogens is 430 g/mol. The number of carbonyl (C=O) groups is 2. The molecule has 34 heavy (non-hydrogen) atoms. The van der Waals surface area contributed by atoms with E-state index in [1.54, 1.807) is 38.3 Å². The van der Waals surface area contributed by atoms with Crippen LogP contribution in [-0.2, 0) is 9.59 Å². The first-order chi connectivity index (χ1) is 16.1. The van der Waals surface area contributed by atoms with Crippen LogP contribution in [0.2, 0.25) is 0 Å². The van der Waals surface area contributed by atoms with Crippen LogP contribution in [0.1, 0.15) is 59.6 Å². The molecule has 1 unspecified atom stereocenters. The lowest BCUT2D eigenvalue weighted by molar-refractivity contribution is -0.132. The molecule has 6 nitrogen and oxygen atoms in total. The van der Waals surface area contributed by atoms with Gasteiger partial charge in [0.1, 0.15) is 29.1 Å². The number of benzene rings is 2. The van der Waals surface area contributed by atoms with E-state index in [9.17, 15) is 14.7 Å². The fourth-order valence-electron chi connectivity index (χ4n) is 4.40. The van der Waals surface area contributed by atoms with Gasteiger partial charge >= 0.3 is 0 Å².